The van der Waals surface area contributed by atoms with Crippen molar-refractivity contribution in [1.82, 2.24) is 9.97 Å². The molecule has 2 aromatic rings. The van der Waals surface area contributed by atoms with Crippen molar-refractivity contribution >= 4 is 28.2 Å². The molecule has 0 unspecified atom stereocenters. The standard InChI is InChI=1S/C11H13N5OS/c1-6-7(2)18-11(14-6)15-10(17)8-4-3-5-13-9(8)16-12/h3-5H,12H2,1-2H3,(H,13,16)(H,14,15,17). The number of hydrogen-bond donors (Lipinski definition) is 3. The molecular weight excluding hydrogens is 250 g/mol. The number of anilines is 2. The molecule has 0 aliphatic rings. The molecule has 1 amide bonds. The maximum absolute atomic E-state index is 12.0. The molecule has 18 heavy (non-hydrogen) atoms. The van der Waals surface area contributed by atoms with Gasteiger partial charge in [-0.15, -0.1) is 11.3 Å². The van der Waals surface area contributed by atoms with Gasteiger partial charge in [-0.05, 0) is 26.0 Å². The molecule has 0 aromatic carbocycles. The number of rotatable bonds is 3. The first-order valence-electron chi connectivity index (χ1n) is 5.29. The highest BCUT2D eigenvalue weighted by atomic mass is 32.1. The summed E-state index contributed by atoms with van der Waals surface area (Å²) >= 11 is 1.44. The van der Waals surface area contributed by atoms with E-state index in [0.29, 0.717) is 16.5 Å². The van der Waals surface area contributed by atoms with E-state index in [4.69, 9.17) is 5.84 Å². The number of hydrogen-bond acceptors (Lipinski definition) is 6. The normalized spacial score (nSPS) is 10.2. The number of carbonyl (C=O) groups excluding carboxylic acids is 1. The lowest BCUT2D eigenvalue weighted by Gasteiger charge is -2.06. The molecule has 0 fully saturated rings. The van der Waals surface area contributed by atoms with Gasteiger partial charge >= 0.3 is 0 Å². The average molecular weight is 263 g/mol. The van der Waals surface area contributed by atoms with Crippen LogP contribution in [0.25, 0.3) is 0 Å². The van der Waals surface area contributed by atoms with Gasteiger partial charge in [0.1, 0.15) is 0 Å². The van der Waals surface area contributed by atoms with Gasteiger partial charge in [-0.1, -0.05) is 0 Å². The number of nitrogens with zero attached hydrogens (tertiary/aromatic N) is 2. The summed E-state index contributed by atoms with van der Waals surface area (Å²) in [6, 6.07) is 3.32. The summed E-state index contributed by atoms with van der Waals surface area (Å²) in [5.74, 6) is 5.35. The van der Waals surface area contributed by atoms with Gasteiger partial charge < -0.3 is 5.43 Å². The van der Waals surface area contributed by atoms with Crippen LogP contribution >= 0.6 is 11.3 Å². The molecule has 7 heteroatoms. The van der Waals surface area contributed by atoms with Crippen LogP contribution in [0.5, 0.6) is 0 Å². The molecule has 0 atom stereocenters. The molecule has 0 saturated carbocycles. The van der Waals surface area contributed by atoms with Crippen molar-refractivity contribution < 1.29 is 4.79 Å². The fraction of sp³-hybridized carbons (Fsp3) is 0.182. The van der Waals surface area contributed by atoms with E-state index < -0.39 is 0 Å². The van der Waals surface area contributed by atoms with Gasteiger partial charge in [0.2, 0.25) is 0 Å². The first kappa shape index (κ1) is 12.5. The van der Waals surface area contributed by atoms with E-state index in [9.17, 15) is 4.79 Å². The molecule has 2 rings (SSSR count). The molecule has 0 aliphatic carbocycles. The zero-order valence-electron chi connectivity index (χ0n) is 10.0. The molecule has 0 aliphatic heterocycles. The Balaban J connectivity index is 2.22. The highest BCUT2D eigenvalue weighted by Crippen LogP contribution is 2.22. The van der Waals surface area contributed by atoms with E-state index in [-0.39, 0.29) is 5.91 Å². The Labute approximate surface area is 108 Å². The van der Waals surface area contributed by atoms with Crippen molar-refractivity contribution in [1.29, 1.82) is 0 Å². The smallest absolute Gasteiger partial charge is 0.261 e. The van der Waals surface area contributed by atoms with Crippen molar-refractivity contribution in [2.75, 3.05) is 10.7 Å². The predicted molar refractivity (Wildman–Crippen MR) is 71.6 cm³/mol. The van der Waals surface area contributed by atoms with E-state index in [1.54, 1.807) is 18.3 Å². The van der Waals surface area contributed by atoms with Gasteiger partial charge in [-0.3, -0.25) is 10.1 Å². The fourth-order valence-electron chi connectivity index (χ4n) is 1.39. The Morgan fingerprint density at radius 1 is 1.44 bits per heavy atom. The number of aryl methyl sites for hydroxylation is 2. The summed E-state index contributed by atoms with van der Waals surface area (Å²) in [5, 5.41) is 3.30. The number of pyridine rings is 1. The number of amides is 1. The molecule has 2 aromatic heterocycles. The maximum atomic E-state index is 12.0. The zero-order chi connectivity index (χ0) is 13.1. The van der Waals surface area contributed by atoms with Gasteiger partial charge in [-0.25, -0.2) is 15.8 Å². The molecule has 0 radical (unpaired) electrons. The predicted octanol–water partition coefficient (Wildman–Crippen LogP) is 1.69. The second-order valence-corrected chi connectivity index (χ2v) is 4.86. The number of hydrazine groups is 1. The Morgan fingerprint density at radius 2 is 2.22 bits per heavy atom. The number of aromatic nitrogens is 2. The second-order valence-electron chi connectivity index (χ2n) is 3.66. The van der Waals surface area contributed by atoms with Crippen molar-refractivity contribution in [2.45, 2.75) is 13.8 Å². The van der Waals surface area contributed by atoms with E-state index >= 15 is 0 Å². The molecular formula is C11H13N5OS. The van der Waals surface area contributed by atoms with Crippen LogP contribution in [-0.2, 0) is 0 Å². The van der Waals surface area contributed by atoms with Crippen molar-refractivity contribution in [3.8, 4) is 0 Å². The molecule has 4 N–H and O–H groups in total. The monoisotopic (exact) mass is 263 g/mol. The number of thiazole rings is 1. The highest BCUT2D eigenvalue weighted by molar-refractivity contribution is 7.15. The maximum Gasteiger partial charge on any atom is 0.261 e. The number of nitrogen functional groups attached to an aromatic ring is 1. The summed E-state index contributed by atoms with van der Waals surface area (Å²) < 4.78 is 0. The first-order chi connectivity index (χ1) is 8.61. The molecule has 6 nitrogen and oxygen atoms in total. The third-order valence-corrected chi connectivity index (χ3v) is 3.43. The largest absolute Gasteiger partial charge is 0.308 e. The summed E-state index contributed by atoms with van der Waals surface area (Å²) in [7, 11) is 0. The van der Waals surface area contributed by atoms with Crippen molar-refractivity contribution in [3.05, 3.63) is 34.5 Å². The van der Waals surface area contributed by atoms with Crippen molar-refractivity contribution in [3.63, 3.8) is 0 Å². The zero-order valence-corrected chi connectivity index (χ0v) is 10.8. The summed E-state index contributed by atoms with van der Waals surface area (Å²) in [5.41, 5.74) is 3.69. The average Bonchev–Trinajstić information content (AvgIpc) is 2.68. The van der Waals surface area contributed by atoms with Crippen LogP contribution in [0.2, 0.25) is 0 Å². The summed E-state index contributed by atoms with van der Waals surface area (Å²) in [4.78, 5) is 21.3. The molecule has 0 spiro atoms. The minimum atomic E-state index is -0.287. The SMILES string of the molecule is Cc1nc(NC(=O)c2cccnc2NN)sc1C. The van der Waals surface area contributed by atoms with Gasteiger partial charge in [0, 0.05) is 11.1 Å². The van der Waals surface area contributed by atoms with E-state index in [1.807, 2.05) is 13.8 Å². The minimum absolute atomic E-state index is 0.287. The van der Waals surface area contributed by atoms with Crippen LogP contribution in [0.1, 0.15) is 20.9 Å². The Kier molecular flexibility index (Phi) is 3.54. The Morgan fingerprint density at radius 3 is 2.83 bits per heavy atom. The lowest BCUT2D eigenvalue weighted by Crippen LogP contribution is -2.18. The van der Waals surface area contributed by atoms with Crippen LogP contribution in [0.15, 0.2) is 18.3 Å². The van der Waals surface area contributed by atoms with E-state index in [0.717, 1.165) is 10.6 Å². The van der Waals surface area contributed by atoms with Gasteiger partial charge in [0.15, 0.2) is 10.9 Å². The topological polar surface area (TPSA) is 92.9 Å². The third kappa shape index (κ3) is 2.47. The van der Waals surface area contributed by atoms with Crippen molar-refractivity contribution in [2.24, 2.45) is 5.84 Å². The van der Waals surface area contributed by atoms with E-state index in [1.165, 1.54) is 11.3 Å². The van der Waals surface area contributed by atoms with E-state index in [2.05, 4.69) is 20.7 Å². The number of carbonyl (C=O) groups is 1. The molecule has 0 bridgehead atoms. The first-order valence-corrected chi connectivity index (χ1v) is 6.10. The van der Waals surface area contributed by atoms with Crippen LogP contribution < -0.4 is 16.6 Å². The lowest BCUT2D eigenvalue weighted by atomic mass is 10.2. The minimum Gasteiger partial charge on any atom is -0.308 e. The third-order valence-electron chi connectivity index (χ3n) is 2.44. The van der Waals surface area contributed by atoms with Crippen LogP contribution in [-0.4, -0.2) is 15.9 Å². The van der Waals surface area contributed by atoms with Gasteiger partial charge in [0.05, 0.1) is 11.3 Å². The highest BCUT2D eigenvalue weighted by Gasteiger charge is 2.13. The van der Waals surface area contributed by atoms with Gasteiger partial charge in [0.25, 0.3) is 5.91 Å². The number of nitrogens with one attached hydrogen (secondary N) is 2. The fourth-order valence-corrected chi connectivity index (χ4v) is 2.20. The molecule has 0 saturated heterocycles. The Bertz CT molecular complexity index is 561. The van der Waals surface area contributed by atoms with Crippen LogP contribution in [0, 0.1) is 13.8 Å². The summed E-state index contributed by atoms with van der Waals surface area (Å²) in [6.45, 7) is 3.86. The lowest BCUT2D eigenvalue weighted by molar-refractivity contribution is 0.102. The van der Waals surface area contributed by atoms with Crippen LogP contribution in [0.4, 0.5) is 10.9 Å². The van der Waals surface area contributed by atoms with Crippen LogP contribution in [0.3, 0.4) is 0 Å². The number of nitrogens with two attached hydrogens (primary N) is 1. The Hall–Kier alpha value is -1.99. The summed E-state index contributed by atoms with van der Waals surface area (Å²) in [6.07, 6.45) is 1.56. The second kappa shape index (κ2) is 5.11. The molecule has 94 valence electrons. The van der Waals surface area contributed by atoms with Gasteiger partial charge in [-0.2, -0.15) is 0 Å². The molecule has 2 heterocycles. The quantitative estimate of drug-likeness (QED) is 0.579.